The number of rotatable bonds is 32. The first-order valence-electron chi connectivity index (χ1n) is 31.9. The molecule has 10 nitrogen and oxygen atoms in total. The largest absolute Gasteiger partial charge is 0.481 e. The average Bonchev–Trinajstić information content (AvgIpc) is 1.90. The maximum absolute atomic E-state index is 13.6. The van der Waals surface area contributed by atoms with Crippen LogP contribution in [0.25, 0.3) is 33.7 Å². The summed E-state index contributed by atoms with van der Waals surface area (Å²) in [4.78, 5) is 60.6. The molecule has 2 aliphatic rings. The van der Waals surface area contributed by atoms with Crippen molar-refractivity contribution in [2.45, 2.75) is 149 Å². The van der Waals surface area contributed by atoms with Crippen molar-refractivity contribution in [2.75, 3.05) is 58.9 Å². The second-order valence-electron chi connectivity index (χ2n) is 24.6. The molecule has 456 valence electrons. The molecule has 0 amide bonds. The van der Waals surface area contributed by atoms with Crippen molar-refractivity contribution in [3.05, 3.63) is 203 Å². The van der Waals surface area contributed by atoms with Gasteiger partial charge in [0.25, 0.3) is 0 Å². The Labute approximate surface area is 518 Å². The molecule has 0 saturated heterocycles. The first-order chi connectivity index (χ1) is 42.0. The summed E-state index contributed by atoms with van der Waals surface area (Å²) in [5.74, 6) is -1.83. The summed E-state index contributed by atoms with van der Waals surface area (Å²) < 4.78 is 0. The number of benzene rings is 6. The van der Waals surface area contributed by atoms with Crippen LogP contribution in [0.1, 0.15) is 153 Å². The van der Waals surface area contributed by atoms with Crippen molar-refractivity contribution in [2.24, 2.45) is 0 Å². The van der Waals surface area contributed by atoms with Gasteiger partial charge in [-0.3, -0.25) is 19.2 Å². The first kappa shape index (κ1) is 64.8. The van der Waals surface area contributed by atoms with Gasteiger partial charge in [0.05, 0.1) is 18.9 Å². The van der Waals surface area contributed by atoms with Gasteiger partial charge in [0.15, 0.2) is 11.6 Å². The highest BCUT2D eigenvalue weighted by Crippen LogP contribution is 2.49. The number of hydrogen-bond donors (Lipinski definition) is 2. The Balaban J connectivity index is 0.963. The highest BCUT2D eigenvalue weighted by molar-refractivity contribution is 6.01. The van der Waals surface area contributed by atoms with Crippen molar-refractivity contribution >= 4 is 80.0 Å². The van der Waals surface area contributed by atoms with E-state index in [1.165, 1.54) is 32.9 Å². The fourth-order valence-electron chi connectivity index (χ4n) is 12.7. The van der Waals surface area contributed by atoms with Crippen molar-refractivity contribution in [3.63, 3.8) is 0 Å². The highest BCUT2D eigenvalue weighted by Gasteiger charge is 2.44. The summed E-state index contributed by atoms with van der Waals surface area (Å²) in [6.07, 6.45) is 30.7. The third-order valence-electron chi connectivity index (χ3n) is 17.5. The summed E-state index contributed by atoms with van der Waals surface area (Å²) in [7, 11) is 0. The van der Waals surface area contributed by atoms with Gasteiger partial charge in [-0.1, -0.05) is 215 Å². The molecule has 10 heteroatoms. The minimum atomic E-state index is -0.896. The van der Waals surface area contributed by atoms with Crippen LogP contribution in [0.3, 0.4) is 0 Å². The maximum atomic E-state index is 13.6. The van der Waals surface area contributed by atoms with Gasteiger partial charge in [-0.2, -0.15) is 0 Å². The number of anilines is 4. The zero-order valence-electron chi connectivity index (χ0n) is 52.9. The molecule has 2 N–H and O–H groups in total. The number of aliphatic carboxylic acids is 2. The van der Waals surface area contributed by atoms with E-state index >= 15 is 0 Å². The van der Waals surface area contributed by atoms with Gasteiger partial charge in [0, 0.05) is 102 Å². The Bertz CT molecular complexity index is 3580. The van der Waals surface area contributed by atoms with Crippen LogP contribution >= 0.6 is 0 Å². The van der Waals surface area contributed by atoms with Gasteiger partial charge in [0.1, 0.15) is 0 Å². The molecule has 0 spiro atoms. The lowest BCUT2D eigenvalue weighted by Crippen LogP contribution is -2.41. The second-order valence-corrected chi connectivity index (χ2v) is 24.6. The van der Waals surface area contributed by atoms with Crippen LogP contribution < -0.4 is 19.6 Å². The fourth-order valence-corrected chi connectivity index (χ4v) is 12.7. The lowest BCUT2D eigenvalue weighted by atomic mass is 9.79. The predicted octanol–water partition coefficient (Wildman–Crippen LogP) is 17.2. The zero-order valence-corrected chi connectivity index (χ0v) is 52.9. The molecular formula is C77H92N4O6. The molecule has 8 rings (SSSR count). The molecule has 0 fully saturated rings. The molecule has 0 radical (unpaired) electrons. The molecule has 1 atom stereocenters. The number of ketones is 2. The predicted molar refractivity (Wildman–Crippen MR) is 365 cm³/mol. The quantitative estimate of drug-likeness (QED) is 0.0312. The van der Waals surface area contributed by atoms with E-state index in [0.29, 0.717) is 0 Å². The van der Waals surface area contributed by atoms with Crippen LogP contribution in [0, 0.1) is 0 Å². The van der Waals surface area contributed by atoms with Gasteiger partial charge in [-0.25, -0.2) is 0 Å². The number of carbonyl (C=O) groups excluding carboxylic acids is 2. The number of fused-ring (bicyclic) bond motifs is 4. The van der Waals surface area contributed by atoms with E-state index in [9.17, 15) is 29.4 Å². The van der Waals surface area contributed by atoms with E-state index in [1.54, 1.807) is 12.2 Å². The Hall–Kier alpha value is -8.24. The smallest absolute Gasteiger partial charge is 0.305 e. The summed E-state index contributed by atoms with van der Waals surface area (Å²) in [6.45, 7) is 22.2. The van der Waals surface area contributed by atoms with Crippen LogP contribution in [0.2, 0.25) is 0 Å². The van der Waals surface area contributed by atoms with Crippen molar-refractivity contribution in [1.82, 2.24) is 0 Å². The van der Waals surface area contributed by atoms with Crippen LogP contribution in [0.15, 0.2) is 170 Å². The Morgan fingerprint density at radius 1 is 0.517 bits per heavy atom. The van der Waals surface area contributed by atoms with E-state index in [4.69, 9.17) is 0 Å². The van der Waals surface area contributed by atoms with Crippen LogP contribution in [-0.4, -0.2) is 79.0 Å². The van der Waals surface area contributed by atoms with Crippen LogP contribution in [-0.2, 0) is 42.8 Å². The van der Waals surface area contributed by atoms with E-state index in [1.807, 2.05) is 54.6 Å². The van der Waals surface area contributed by atoms with E-state index < -0.39 is 22.8 Å². The molecule has 0 bridgehead atoms. The summed E-state index contributed by atoms with van der Waals surface area (Å²) in [5.41, 5.74) is 10.3. The molecular weight excluding hydrogens is 1080 g/mol. The number of carbonyl (C=O) groups is 4. The van der Waals surface area contributed by atoms with Gasteiger partial charge in [-0.15, -0.1) is 0 Å². The Morgan fingerprint density at radius 2 is 0.966 bits per heavy atom. The normalized spacial score (nSPS) is 15.8. The molecule has 2 heterocycles. The molecule has 1 unspecified atom stereocenters. The standard InChI is InChI=1S/C77H92N4O6/c1-9-13-46-78(47-14-10-2)68-42-38-58(62-30-21-23-32-64(62)68)26-17-19-28-60(82)52-56-36-40-70-66(54-56)76(5,6)72(80(70)50-44-74(84)85)34-25-35-73-77(7,8)67-55-57(37-41-71(67)81(73)51-45-75(86)87)53-61(83)29-20-18-27-59-39-43-69(65-33-24-22-31-63(59)65)79(48-15-11-3)49-16-12-4/h17-43,54-55,72H,9-16,44-53H2,1-8H3,(H,84,85)(H,86,87)/b26-17+,27-18+,28-19+,29-20+,34-25+,73-35+. The minimum Gasteiger partial charge on any atom is -0.481 e. The Kier molecular flexibility index (Phi) is 22.6. The zero-order chi connectivity index (χ0) is 62.1. The topological polar surface area (TPSA) is 122 Å². The summed E-state index contributed by atoms with van der Waals surface area (Å²) >= 11 is 0. The van der Waals surface area contributed by atoms with Gasteiger partial charge in [-0.05, 0) is 112 Å². The monoisotopic (exact) mass is 1170 g/mol. The fraction of sp³-hybridized carbons (Fsp3) is 0.377. The van der Waals surface area contributed by atoms with Crippen LogP contribution in [0.4, 0.5) is 22.7 Å². The number of allylic oxidation sites excluding steroid dienone is 9. The molecule has 87 heavy (non-hydrogen) atoms. The molecule has 0 aromatic heterocycles. The average molecular weight is 1170 g/mol. The van der Waals surface area contributed by atoms with E-state index in [0.717, 1.165) is 128 Å². The first-order valence-corrected chi connectivity index (χ1v) is 31.9. The van der Waals surface area contributed by atoms with Crippen LogP contribution in [0.5, 0.6) is 0 Å². The third kappa shape index (κ3) is 15.9. The number of carboxylic acid groups (broad SMARTS) is 2. The molecule has 6 aromatic carbocycles. The summed E-state index contributed by atoms with van der Waals surface area (Å²) in [6, 6.07) is 37.9. The Morgan fingerprint density at radius 3 is 1.44 bits per heavy atom. The third-order valence-corrected chi connectivity index (χ3v) is 17.5. The van der Waals surface area contributed by atoms with Crippen molar-refractivity contribution < 1.29 is 29.4 Å². The second kappa shape index (κ2) is 30.4. The molecule has 0 aliphatic carbocycles. The van der Waals surface area contributed by atoms with Crippen molar-refractivity contribution in [3.8, 4) is 0 Å². The van der Waals surface area contributed by atoms with Crippen molar-refractivity contribution in [1.29, 1.82) is 0 Å². The lowest BCUT2D eigenvalue weighted by Gasteiger charge is -2.32. The number of unbranched alkanes of at least 4 members (excludes halogenated alkanes) is 4. The molecule has 6 aromatic rings. The maximum Gasteiger partial charge on any atom is 0.305 e. The highest BCUT2D eigenvalue weighted by atomic mass is 16.4. The molecule has 0 saturated carbocycles. The van der Waals surface area contributed by atoms with E-state index in [-0.39, 0.29) is 56.4 Å². The summed E-state index contributed by atoms with van der Waals surface area (Å²) in [5, 5.41) is 24.6. The molecule has 2 aliphatic heterocycles. The van der Waals surface area contributed by atoms with Gasteiger partial charge >= 0.3 is 11.9 Å². The van der Waals surface area contributed by atoms with Gasteiger partial charge in [0.2, 0.25) is 0 Å². The number of hydrogen-bond acceptors (Lipinski definition) is 8. The van der Waals surface area contributed by atoms with E-state index in [2.05, 4.69) is 184 Å². The van der Waals surface area contributed by atoms with Gasteiger partial charge < -0.3 is 29.8 Å². The number of nitrogens with zero attached hydrogens (tertiary/aromatic N) is 4. The SMILES string of the molecule is CCCCN(CCCC)c1ccc(/C=C/C=C/C(=O)Cc2ccc3c(c2)C(C)(C)/C(=C\C=C\C2N(CCC(=O)O)c4ccc(CC(=O)/C=C/C=C/c5ccc(N(CCCC)CCCC)c6ccccc56)cc4C2(C)C)N3CCC(=O)O)c2ccccc12. The lowest BCUT2D eigenvalue weighted by molar-refractivity contribution is -0.137. The minimum absolute atomic E-state index is 0.0198. The number of carboxylic acids is 2.